The molecule has 1 aliphatic heterocycles. The number of halogens is 1. The van der Waals surface area contributed by atoms with Crippen LogP contribution in [0.2, 0.25) is 5.02 Å². The SMILES string of the molecule is C[C@@H]1CCCC[C@@H]1NC(=O)[C@@]1(O)c2ccccc2NC(=O)N1c1ccc(Cl)cc1. The predicted molar refractivity (Wildman–Crippen MR) is 113 cm³/mol. The Hall–Kier alpha value is -2.57. The van der Waals surface area contributed by atoms with Gasteiger partial charge in [0, 0.05) is 22.3 Å². The van der Waals surface area contributed by atoms with Gasteiger partial charge in [0.1, 0.15) is 0 Å². The highest BCUT2D eigenvalue weighted by molar-refractivity contribution is 6.30. The van der Waals surface area contributed by atoms with Crippen LogP contribution in [0, 0.1) is 5.92 Å². The van der Waals surface area contributed by atoms with E-state index in [9.17, 15) is 14.7 Å². The molecule has 1 heterocycles. The molecule has 2 aromatic rings. The lowest BCUT2D eigenvalue weighted by Crippen LogP contribution is -2.64. The normalized spacial score (nSPS) is 26.4. The number of nitrogens with zero attached hydrogens (tertiary/aromatic N) is 1. The van der Waals surface area contributed by atoms with Crippen LogP contribution in [0.25, 0.3) is 0 Å². The highest BCUT2D eigenvalue weighted by Gasteiger charge is 2.52. The molecule has 3 N–H and O–H groups in total. The average molecular weight is 414 g/mol. The maximum atomic E-state index is 13.5. The minimum Gasteiger partial charge on any atom is -0.359 e. The van der Waals surface area contributed by atoms with Gasteiger partial charge in [-0.15, -0.1) is 0 Å². The van der Waals surface area contributed by atoms with Crippen molar-refractivity contribution >= 4 is 34.9 Å². The second-order valence-corrected chi connectivity index (χ2v) is 8.24. The van der Waals surface area contributed by atoms with E-state index in [0.29, 0.717) is 27.9 Å². The molecule has 1 fully saturated rings. The quantitative estimate of drug-likeness (QED) is 0.704. The summed E-state index contributed by atoms with van der Waals surface area (Å²) in [6, 6.07) is 12.6. The van der Waals surface area contributed by atoms with Crippen LogP contribution in [0.15, 0.2) is 48.5 Å². The molecule has 4 rings (SSSR count). The monoisotopic (exact) mass is 413 g/mol. The molecule has 6 nitrogen and oxygen atoms in total. The predicted octanol–water partition coefficient (Wildman–Crippen LogP) is 4.23. The van der Waals surface area contributed by atoms with E-state index < -0.39 is 17.7 Å². The number of hydrogen-bond acceptors (Lipinski definition) is 3. The first kappa shape index (κ1) is 19.7. The van der Waals surface area contributed by atoms with Gasteiger partial charge in [-0.3, -0.25) is 9.69 Å². The van der Waals surface area contributed by atoms with E-state index in [1.807, 2.05) is 0 Å². The van der Waals surface area contributed by atoms with Gasteiger partial charge in [0.25, 0.3) is 11.6 Å². The molecule has 1 saturated carbocycles. The zero-order chi connectivity index (χ0) is 20.6. The number of fused-ring (bicyclic) bond motifs is 1. The van der Waals surface area contributed by atoms with Crippen molar-refractivity contribution < 1.29 is 14.7 Å². The van der Waals surface area contributed by atoms with Crippen LogP contribution < -0.4 is 15.5 Å². The van der Waals surface area contributed by atoms with Crippen LogP contribution in [0.5, 0.6) is 0 Å². The summed E-state index contributed by atoms with van der Waals surface area (Å²) >= 11 is 5.99. The standard InChI is InChI=1S/C22H24ClN3O3/c1-14-6-2-4-8-18(14)24-20(27)22(29)17-7-3-5-9-19(17)25-21(28)26(22)16-12-10-15(23)11-13-16/h3,5,7,9-14,18,29H,2,4,6,8H2,1H3,(H,24,27)(H,25,28)/t14-,18+,22+/m1/s1. The van der Waals surface area contributed by atoms with Gasteiger partial charge < -0.3 is 15.7 Å². The van der Waals surface area contributed by atoms with Crippen LogP contribution in [-0.4, -0.2) is 23.1 Å². The Morgan fingerprint density at radius 3 is 2.59 bits per heavy atom. The third-order valence-electron chi connectivity index (χ3n) is 5.90. The van der Waals surface area contributed by atoms with Gasteiger partial charge in [0.2, 0.25) is 0 Å². The Morgan fingerprint density at radius 2 is 1.86 bits per heavy atom. The van der Waals surface area contributed by atoms with Crippen molar-refractivity contribution in [2.45, 2.75) is 44.4 Å². The van der Waals surface area contributed by atoms with E-state index in [2.05, 4.69) is 17.6 Å². The number of carbonyl (C=O) groups excluding carboxylic acids is 2. The third-order valence-corrected chi connectivity index (χ3v) is 6.15. The summed E-state index contributed by atoms with van der Waals surface area (Å²) in [5.74, 6) is -0.290. The third kappa shape index (κ3) is 3.47. The number of rotatable bonds is 3. The molecule has 0 spiro atoms. The number of hydrogen-bond donors (Lipinski definition) is 3. The number of para-hydroxylation sites is 1. The second-order valence-electron chi connectivity index (χ2n) is 7.80. The highest BCUT2D eigenvalue weighted by atomic mass is 35.5. The Bertz CT molecular complexity index is 933. The Balaban J connectivity index is 1.78. The Labute approximate surface area is 174 Å². The lowest BCUT2D eigenvalue weighted by Gasteiger charge is -2.44. The number of nitrogens with one attached hydrogen (secondary N) is 2. The second kappa shape index (κ2) is 7.69. The first-order chi connectivity index (χ1) is 13.9. The zero-order valence-electron chi connectivity index (χ0n) is 16.2. The van der Waals surface area contributed by atoms with Crippen LogP contribution in [0.4, 0.5) is 16.2 Å². The van der Waals surface area contributed by atoms with Gasteiger partial charge in [0.15, 0.2) is 0 Å². The first-order valence-corrected chi connectivity index (χ1v) is 10.3. The van der Waals surface area contributed by atoms with Gasteiger partial charge in [0.05, 0.1) is 5.69 Å². The van der Waals surface area contributed by atoms with E-state index in [1.54, 1.807) is 48.5 Å². The summed E-state index contributed by atoms with van der Waals surface area (Å²) < 4.78 is 0. The van der Waals surface area contributed by atoms with Gasteiger partial charge in [-0.2, -0.15) is 0 Å². The van der Waals surface area contributed by atoms with Crippen LogP contribution in [0.3, 0.4) is 0 Å². The smallest absolute Gasteiger partial charge is 0.329 e. The molecule has 2 aromatic carbocycles. The maximum Gasteiger partial charge on any atom is 0.329 e. The molecular weight excluding hydrogens is 390 g/mol. The summed E-state index contributed by atoms with van der Waals surface area (Å²) in [6.45, 7) is 2.10. The molecule has 0 aromatic heterocycles. The zero-order valence-corrected chi connectivity index (χ0v) is 16.9. The fourth-order valence-electron chi connectivity index (χ4n) is 4.25. The summed E-state index contributed by atoms with van der Waals surface area (Å²) in [5, 5.41) is 18.1. The molecule has 3 amide bonds. The minimum absolute atomic E-state index is 0.0375. The minimum atomic E-state index is -2.18. The molecule has 1 aliphatic carbocycles. The van der Waals surface area contributed by atoms with Crippen molar-refractivity contribution in [1.29, 1.82) is 0 Å². The number of benzene rings is 2. The lowest BCUT2D eigenvalue weighted by atomic mass is 9.85. The van der Waals surface area contributed by atoms with E-state index >= 15 is 0 Å². The number of amides is 3. The molecule has 7 heteroatoms. The number of anilines is 2. The van der Waals surface area contributed by atoms with Crippen molar-refractivity contribution in [2.75, 3.05) is 10.2 Å². The summed E-state index contributed by atoms with van der Waals surface area (Å²) in [7, 11) is 0. The Morgan fingerprint density at radius 1 is 1.17 bits per heavy atom. The van der Waals surface area contributed by atoms with E-state index in [1.165, 1.54) is 0 Å². The fourth-order valence-corrected chi connectivity index (χ4v) is 4.38. The van der Waals surface area contributed by atoms with Crippen molar-refractivity contribution in [1.82, 2.24) is 5.32 Å². The lowest BCUT2D eigenvalue weighted by molar-refractivity contribution is -0.141. The van der Waals surface area contributed by atoms with Gasteiger partial charge in [-0.05, 0) is 49.1 Å². The molecule has 0 unspecified atom stereocenters. The van der Waals surface area contributed by atoms with Crippen molar-refractivity contribution in [3.05, 3.63) is 59.1 Å². The number of urea groups is 1. The molecule has 0 saturated heterocycles. The van der Waals surface area contributed by atoms with Crippen molar-refractivity contribution in [3.63, 3.8) is 0 Å². The molecule has 29 heavy (non-hydrogen) atoms. The summed E-state index contributed by atoms with van der Waals surface area (Å²) in [5.41, 5.74) is -1.06. The van der Waals surface area contributed by atoms with E-state index in [0.717, 1.165) is 30.6 Å². The number of aliphatic hydroxyl groups is 1. The Kier molecular flexibility index (Phi) is 5.23. The maximum absolute atomic E-state index is 13.5. The largest absolute Gasteiger partial charge is 0.359 e. The van der Waals surface area contributed by atoms with Gasteiger partial charge in [-0.1, -0.05) is 49.6 Å². The summed E-state index contributed by atoms with van der Waals surface area (Å²) in [6.07, 6.45) is 4.06. The molecule has 0 bridgehead atoms. The van der Waals surface area contributed by atoms with Gasteiger partial charge >= 0.3 is 6.03 Å². The molecule has 0 radical (unpaired) electrons. The molecule has 152 valence electrons. The van der Waals surface area contributed by atoms with E-state index in [-0.39, 0.29) is 6.04 Å². The average Bonchev–Trinajstić information content (AvgIpc) is 2.71. The first-order valence-electron chi connectivity index (χ1n) is 9.91. The van der Waals surface area contributed by atoms with Crippen LogP contribution in [0.1, 0.15) is 38.2 Å². The topological polar surface area (TPSA) is 81.7 Å². The van der Waals surface area contributed by atoms with Crippen LogP contribution >= 0.6 is 11.6 Å². The van der Waals surface area contributed by atoms with Gasteiger partial charge in [-0.25, -0.2) is 4.79 Å². The molecule has 3 atom stereocenters. The van der Waals surface area contributed by atoms with Crippen molar-refractivity contribution in [3.8, 4) is 0 Å². The van der Waals surface area contributed by atoms with Crippen molar-refractivity contribution in [2.24, 2.45) is 5.92 Å². The fraction of sp³-hybridized carbons (Fsp3) is 0.364. The number of carbonyl (C=O) groups is 2. The van der Waals surface area contributed by atoms with E-state index in [4.69, 9.17) is 11.6 Å². The van der Waals surface area contributed by atoms with Crippen LogP contribution in [-0.2, 0) is 10.5 Å². The molecule has 2 aliphatic rings. The molecular formula is C22H24ClN3O3. The summed E-state index contributed by atoms with van der Waals surface area (Å²) in [4.78, 5) is 27.5. The highest BCUT2D eigenvalue weighted by Crippen LogP contribution is 2.40.